The molecule has 0 saturated carbocycles. The molecule has 10 nitrogen and oxygen atoms in total. The largest absolute Gasteiger partial charge is 0.464 e. The first-order valence-corrected chi connectivity index (χ1v) is 5.84. The number of carbonyl (C=O) groups is 1. The summed E-state index contributed by atoms with van der Waals surface area (Å²) in [6.45, 7) is 1.58. The van der Waals surface area contributed by atoms with Crippen molar-refractivity contribution in [3.63, 3.8) is 0 Å². The predicted octanol–water partition coefficient (Wildman–Crippen LogP) is 0.262. The molecule has 1 aromatic rings. The molecule has 23 heavy (non-hydrogen) atoms. The summed E-state index contributed by atoms with van der Waals surface area (Å²) in [7, 11) is 3.86. The third kappa shape index (κ3) is 6.78. The molecule has 0 aromatic carbocycles. The minimum Gasteiger partial charge on any atom is -0.464 e. The second-order valence-corrected chi connectivity index (χ2v) is 3.51. The number of esters is 1. The molecule has 0 amide bonds. The number of hydrogen-bond acceptors (Lipinski definition) is 10. The predicted molar refractivity (Wildman–Crippen MR) is 75.8 cm³/mol. The summed E-state index contributed by atoms with van der Waals surface area (Å²) in [5.41, 5.74) is 0.272. The van der Waals surface area contributed by atoms with E-state index in [9.17, 15) is 4.79 Å². The third-order valence-electron chi connectivity index (χ3n) is 2.06. The Balaban J connectivity index is 0.00000484. The van der Waals surface area contributed by atoms with Crippen molar-refractivity contribution in [1.82, 2.24) is 9.97 Å². The van der Waals surface area contributed by atoms with Crippen molar-refractivity contribution in [2.75, 3.05) is 21.3 Å². The standard InChI is InChI=1S/C12H14N5O5.Y/c1-8(5-15-20-3)16-22-11-9(6-13-7-14-11)10(17-21-4)12(18)19-2;/h6-7H,1-4H3;/q-1;/b16-8+,17-10+;. The Labute approximate surface area is 157 Å². The molecule has 11 heteroatoms. The molecule has 0 saturated heterocycles. The molecule has 0 bridgehead atoms. The van der Waals surface area contributed by atoms with Gasteiger partial charge >= 0.3 is 5.97 Å². The molecule has 0 fully saturated rings. The number of carbonyl (C=O) groups excluding carboxylic acids is 1. The fourth-order valence-electron chi connectivity index (χ4n) is 1.18. The van der Waals surface area contributed by atoms with Crippen LogP contribution in [0.5, 0.6) is 5.88 Å². The molecular formula is C12H14N5O5Y-. The van der Waals surface area contributed by atoms with Gasteiger partial charge in [0, 0.05) is 38.9 Å². The molecule has 1 aromatic heterocycles. The van der Waals surface area contributed by atoms with Crippen molar-refractivity contribution in [1.29, 1.82) is 0 Å². The number of rotatable bonds is 7. The van der Waals surface area contributed by atoms with E-state index in [2.05, 4.69) is 46.1 Å². The summed E-state index contributed by atoms with van der Waals surface area (Å²) in [5, 5.41) is 10.7. The van der Waals surface area contributed by atoms with Gasteiger partial charge in [-0.2, -0.15) is 4.98 Å². The first-order valence-electron chi connectivity index (χ1n) is 5.84. The molecule has 121 valence electrons. The monoisotopic (exact) mass is 397 g/mol. The summed E-state index contributed by atoms with van der Waals surface area (Å²) in [5.74, 6) is -0.760. The molecule has 1 rings (SSSR count). The van der Waals surface area contributed by atoms with Gasteiger partial charge in [0.2, 0.25) is 5.71 Å². The number of nitrogens with zero attached hydrogens (tertiary/aromatic N) is 5. The summed E-state index contributed by atoms with van der Waals surface area (Å²) >= 11 is 0. The Kier molecular flexibility index (Phi) is 10.6. The maximum Gasteiger partial charge on any atom is 0.361 e. The van der Waals surface area contributed by atoms with Gasteiger partial charge in [0.1, 0.15) is 20.5 Å². The molecule has 0 aliphatic heterocycles. The topological polar surface area (TPSA) is 117 Å². The van der Waals surface area contributed by atoms with E-state index in [0.717, 1.165) is 0 Å². The van der Waals surface area contributed by atoms with Crippen molar-refractivity contribution >= 4 is 23.6 Å². The quantitative estimate of drug-likeness (QED) is 0.280. The number of aromatic nitrogens is 2. The zero-order valence-electron chi connectivity index (χ0n) is 13.0. The third-order valence-corrected chi connectivity index (χ3v) is 2.06. The van der Waals surface area contributed by atoms with Crippen LogP contribution in [0.1, 0.15) is 12.5 Å². The summed E-state index contributed by atoms with van der Waals surface area (Å²) in [4.78, 5) is 33.6. The van der Waals surface area contributed by atoms with Crippen molar-refractivity contribution in [3.05, 3.63) is 18.1 Å². The normalized spacial score (nSPS) is 11.7. The Morgan fingerprint density at radius 2 is 1.96 bits per heavy atom. The van der Waals surface area contributed by atoms with E-state index in [1.807, 2.05) is 0 Å². The van der Waals surface area contributed by atoms with Crippen LogP contribution in [0, 0.1) is 0 Å². The van der Waals surface area contributed by atoms with Crippen LogP contribution >= 0.6 is 0 Å². The van der Waals surface area contributed by atoms with Crippen LogP contribution in [-0.4, -0.2) is 54.9 Å². The van der Waals surface area contributed by atoms with Crippen LogP contribution in [0.3, 0.4) is 0 Å². The maximum atomic E-state index is 11.7. The molecule has 0 aliphatic rings. The molecule has 0 spiro atoms. The summed E-state index contributed by atoms with van der Waals surface area (Å²) in [6, 6.07) is 0. The smallest absolute Gasteiger partial charge is 0.361 e. The Bertz CT molecular complexity index is 605. The van der Waals surface area contributed by atoms with E-state index in [1.165, 1.54) is 33.9 Å². The fourth-order valence-corrected chi connectivity index (χ4v) is 1.18. The molecule has 1 radical (unpaired) electrons. The van der Waals surface area contributed by atoms with E-state index < -0.39 is 5.97 Å². The average Bonchev–Trinajstić information content (AvgIpc) is 2.55. The number of ether oxygens (including phenoxy) is 1. The number of hydrogen-bond donors (Lipinski definition) is 0. The van der Waals surface area contributed by atoms with E-state index in [0.29, 0.717) is 0 Å². The zero-order chi connectivity index (χ0) is 16.4. The van der Waals surface area contributed by atoms with Gasteiger partial charge in [-0.1, -0.05) is 17.8 Å². The Hall–Kier alpha value is -1.94. The van der Waals surface area contributed by atoms with Crippen molar-refractivity contribution in [3.8, 4) is 5.88 Å². The van der Waals surface area contributed by atoms with Crippen LogP contribution in [0.4, 0.5) is 0 Å². The molecule has 0 aliphatic carbocycles. The second-order valence-electron chi connectivity index (χ2n) is 3.51. The molecule has 0 atom stereocenters. The van der Waals surface area contributed by atoms with Gasteiger partial charge < -0.3 is 30.6 Å². The van der Waals surface area contributed by atoms with E-state index in [-0.39, 0.29) is 55.6 Å². The van der Waals surface area contributed by atoms with Crippen molar-refractivity contribution in [2.24, 2.45) is 15.5 Å². The van der Waals surface area contributed by atoms with Crippen LogP contribution in [-0.2, 0) is 51.9 Å². The fraction of sp³-hybridized carbons (Fsp3) is 0.333. The van der Waals surface area contributed by atoms with Gasteiger partial charge in [0.15, 0.2) is 0 Å². The van der Waals surface area contributed by atoms with Crippen molar-refractivity contribution < 1.29 is 56.8 Å². The minimum atomic E-state index is -0.741. The van der Waals surface area contributed by atoms with Crippen LogP contribution in [0.2, 0.25) is 0 Å². The summed E-state index contributed by atoms with van der Waals surface area (Å²) < 4.78 is 4.61. The molecular weight excluding hydrogens is 383 g/mol. The molecule has 0 N–H and O–H groups in total. The van der Waals surface area contributed by atoms with Gasteiger partial charge in [-0.15, -0.1) is 5.16 Å². The van der Waals surface area contributed by atoms with E-state index in [1.54, 1.807) is 6.92 Å². The van der Waals surface area contributed by atoms with Crippen LogP contribution < -0.4 is 4.84 Å². The average molecular weight is 397 g/mol. The van der Waals surface area contributed by atoms with E-state index in [4.69, 9.17) is 4.84 Å². The van der Waals surface area contributed by atoms with Gasteiger partial charge in [-0.05, 0) is 0 Å². The summed E-state index contributed by atoms with van der Waals surface area (Å²) in [6.07, 6.45) is 4.98. The molecule has 0 unspecified atom stereocenters. The van der Waals surface area contributed by atoms with Crippen LogP contribution in [0.25, 0.3) is 0 Å². The maximum absolute atomic E-state index is 11.7. The number of methoxy groups -OCH3 is 1. The minimum absolute atomic E-state index is 0. The number of oxime groups is 2. The van der Waals surface area contributed by atoms with Gasteiger partial charge in [0.05, 0.1) is 12.7 Å². The Morgan fingerprint density at radius 3 is 2.57 bits per heavy atom. The zero-order valence-corrected chi connectivity index (χ0v) is 15.8. The molecule has 1 heterocycles. The van der Waals surface area contributed by atoms with Crippen LogP contribution in [0.15, 0.2) is 28.0 Å². The van der Waals surface area contributed by atoms with Gasteiger partial charge in [-0.3, -0.25) is 0 Å². The Morgan fingerprint density at radius 1 is 1.22 bits per heavy atom. The first-order chi connectivity index (χ1) is 10.6. The van der Waals surface area contributed by atoms with E-state index >= 15 is 0 Å². The SMILES string of the molecule is CON=[C-]/C(C)=N/Oc1ncncc1/C(=N\OC)C(=O)OC.[Y]. The van der Waals surface area contributed by atoms with Gasteiger partial charge in [0.25, 0.3) is 5.88 Å². The first kappa shape index (κ1) is 21.1. The van der Waals surface area contributed by atoms with Gasteiger partial charge in [-0.25, -0.2) is 9.78 Å². The van der Waals surface area contributed by atoms with Crippen molar-refractivity contribution in [2.45, 2.75) is 6.92 Å². The second kappa shape index (κ2) is 11.6.